The lowest BCUT2D eigenvalue weighted by Gasteiger charge is -2.22. The van der Waals surface area contributed by atoms with E-state index in [9.17, 15) is 0 Å². The average Bonchev–Trinajstić information content (AvgIpc) is 2.35. The number of aliphatic hydroxyl groups is 1. The van der Waals surface area contributed by atoms with Crippen LogP contribution in [0.5, 0.6) is 17.2 Å². The van der Waals surface area contributed by atoms with Crippen molar-refractivity contribution in [2.75, 3.05) is 26.9 Å². The van der Waals surface area contributed by atoms with Gasteiger partial charge in [0.25, 0.3) is 0 Å². The molecule has 0 radical (unpaired) electrons. The zero-order valence-corrected chi connectivity index (χ0v) is 9.36. The van der Waals surface area contributed by atoms with Gasteiger partial charge in [-0.15, -0.1) is 0 Å². The Kier molecular flexibility index (Phi) is 3.51. The van der Waals surface area contributed by atoms with E-state index in [1.807, 2.05) is 12.1 Å². The van der Waals surface area contributed by atoms with Crippen LogP contribution in [-0.4, -0.2) is 32.0 Å². The predicted molar refractivity (Wildman–Crippen MR) is 59.4 cm³/mol. The fourth-order valence-electron chi connectivity index (χ4n) is 1.84. The molecule has 0 spiro atoms. The summed E-state index contributed by atoms with van der Waals surface area (Å²) < 4.78 is 16.4. The number of benzene rings is 1. The van der Waals surface area contributed by atoms with Crippen molar-refractivity contribution >= 4 is 0 Å². The summed E-state index contributed by atoms with van der Waals surface area (Å²) >= 11 is 0. The van der Waals surface area contributed by atoms with E-state index in [-0.39, 0.29) is 6.61 Å². The molecule has 16 heavy (non-hydrogen) atoms. The van der Waals surface area contributed by atoms with Crippen molar-refractivity contribution in [3.63, 3.8) is 0 Å². The molecular weight excluding hydrogens is 208 g/mol. The average molecular weight is 224 g/mol. The molecule has 0 aliphatic carbocycles. The van der Waals surface area contributed by atoms with Crippen LogP contribution in [0.25, 0.3) is 0 Å². The van der Waals surface area contributed by atoms with Crippen molar-refractivity contribution in [2.45, 2.75) is 12.8 Å². The molecule has 0 aromatic heterocycles. The van der Waals surface area contributed by atoms with Crippen molar-refractivity contribution in [1.29, 1.82) is 0 Å². The number of methoxy groups -OCH3 is 1. The van der Waals surface area contributed by atoms with E-state index >= 15 is 0 Å². The minimum atomic E-state index is 0.160. The highest BCUT2D eigenvalue weighted by molar-refractivity contribution is 5.54. The Bertz CT molecular complexity index is 362. The molecule has 1 aromatic carbocycles. The van der Waals surface area contributed by atoms with Crippen LogP contribution < -0.4 is 14.2 Å². The smallest absolute Gasteiger partial charge is 0.168 e. The number of ether oxygens (including phenoxy) is 3. The van der Waals surface area contributed by atoms with E-state index in [4.69, 9.17) is 19.3 Å². The number of hydrogen-bond acceptors (Lipinski definition) is 4. The molecule has 1 aliphatic heterocycles. The molecule has 4 heteroatoms. The van der Waals surface area contributed by atoms with Crippen LogP contribution in [0.2, 0.25) is 0 Å². The van der Waals surface area contributed by atoms with Crippen LogP contribution in [0.15, 0.2) is 12.1 Å². The van der Waals surface area contributed by atoms with E-state index in [2.05, 4.69) is 0 Å². The fraction of sp³-hybridized carbons (Fsp3) is 0.500. The summed E-state index contributed by atoms with van der Waals surface area (Å²) in [6.45, 7) is 1.30. The molecule has 2 rings (SSSR count). The first-order valence-electron chi connectivity index (χ1n) is 5.43. The van der Waals surface area contributed by atoms with Gasteiger partial charge >= 0.3 is 0 Å². The highest BCUT2D eigenvalue weighted by atomic mass is 16.6. The monoisotopic (exact) mass is 224 g/mol. The minimum Gasteiger partial charge on any atom is -0.496 e. The van der Waals surface area contributed by atoms with Gasteiger partial charge < -0.3 is 19.3 Å². The van der Waals surface area contributed by atoms with Crippen molar-refractivity contribution in [2.24, 2.45) is 0 Å². The molecule has 0 fully saturated rings. The standard InChI is InChI=1S/C12H16O4/c1-14-10-4-5-11-12(16-8-7-15-11)9(10)3-2-6-13/h4-5,13H,2-3,6-8H2,1H3. The van der Waals surface area contributed by atoms with Gasteiger partial charge in [-0.2, -0.15) is 0 Å². The van der Waals surface area contributed by atoms with Crippen LogP contribution in [0, 0.1) is 0 Å². The summed E-state index contributed by atoms with van der Waals surface area (Å²) in [6.07, 6.45) is 1.42. The van der Waals surface area contributed by atoms with Gasteiger partial charge in [0.1, 0.15) is 19.0 Å². The molecular formula is C12H16O4. The molecule has 0 amide bonds. The largest absolute Gasteiger partial charge is 0.496 e. The van der Waals surface area contributed by atoms with Gasteiger partial charge in [0.05, 0.1) is 7.11 Å². The van der Waals surface area contributed by atoms with E-state index in [0.717, 1.165) is 29.2 Å². The molecule has 1 aromatic rings. The summed E-state index contributed by atoms with van der Waals surface area (Å²) in [5, 5.41) is 8.88. The predicted octanol–water partition coefficient (Wildman–Crippen LogP) is 1.39. The first kappa shape index (κ1) is 11.1. The molecule has 0 saturated carbocycles. The second kappa shape index (κ2) is 5.07. The zero-order chi connectivity index (χ0) is 11.4. The summed E-state index contributed by atoms with van der Waals surface area (Å²) in [5.74, 6) is 2.32. The minimum absolute atomic E-state index is 0.160. The number of aliphatic hydroxyl groups excluding tert-OH is 1. The topological polar surface area (TPSA) is 47.9 Å². The molecule has 0 unspecified atom stereocenters. The Hall–Kier alpha value is -1.42. The maximum atomic E-state index is 8.88. The lowest BCUT2D eigenvalue weighted by Crippen LogP contribution is -2.17. The van der Waals surface area contributed by atoms with E-state index in [1.54, 1.807) is 7.11 Å². The highest BCUT2D eigenvalue weighted by Crippen LogP contribution is 2.39. The molecule has 0 atom stereocenters. The van der Waals surface area contributed by atoms with E-state index in [0.29, 0.717) is 19.6 Å². The molecule has 88 valence electrons. The van der Waals surface area contributed by atoms with Crippen LogP contribution >= 0.6 is 0 Å². The Morgan fingerprint density at radius 2 is 2.12 bits per heavy atom. The number of hydrogen-bond donors (Lipinski definition) is 1. The Morgan fingerprint density at radius 3 is 2.88 bits per heavy atom. The molecule has 0 saturated heterocycles. The molecule has 4 nitrogen and oxygen atoms in total. The normalized spacial score (nSPS) is 13.6. The first-order chi connectivity index (χ1) is 7.86. The van der Waals surface area contributed by atoms with Gasteiger partial charge in [-0.05, 0) is 25.0 Å². The van der Waals surface area contributed by atoms with Crippen molar-refractivity contribution < 1.29 is 19.3 Å². The van der Waals surface area contributed by atoms with E-state index in [1.165, 1.54) is 0 Å². The Labute approximate surface area is 94.8 Å². The molecule has 1 N–H and O–H groups in total. The first-order valence-corrected chi connectivity index (χ1v) is 5.43. The fourth-order valence-corrected chi connectivity index (χ4v) is 1.84. The second-order valence-corrected chi connectivity index (χ2v) is 3.60. The number of fused-ring (bicyclic) bond motifs is 1. The number of rotatable bonds is 4. The van der Waals surface area contributed by atoms with Crippen molar-refractivity contribution in [3.05, 3.63) is 17.7 Å². The van der Waals surface area contributed by atoms with Crippen molar-refractivity contribution in [3.8, 4) is 17.2 Å². The lowest BCUT2D eigenvalue weighted by atomic mass is 10.1. The van der Waals surface area contributed by atoms with Gasteiger partial charge in [-0.1, -0.05) is 0 Å². The van der Waals surface area contributed by atoms with Crippen LogP contribution in [0.3, 0.4) is 0 Å². The van der Waals surface area contributed by atoms with Crippen LogP contribution in [-0.2, 0) is 6.42 Å². The maximum absolute atomic E-state index is 8.88. The van der Waals surface area contributed by atoms with Crippen molar-refractivity contribution in [1.82, 2.24) is 0 Å². The Morgan fingerprint density at radius 1 is 1.31 bits per heavy atom. The van der Waals surface area contributed by atoms with E-state index < -0.39 is 0 Å². The molecule has 1 heterocycles. The molecule has 1 aliphatic rings. The quantitative estimate of drug-likeness (QED) is 0.839. The van der Waals surface area contributed by atoms with Gasteiger partial charge in [-0.25, -0.2) is 0 Å². The third kappa shape index (κ3) is 2.07. The van der Waals surface area contributed by atoms with Gasteiger partial charge in [0.2, 0.25) is 0 Å². The summed E-state index contributed by atoms with van der Waals surface area (Å²) in [7, 11) is 1.63. The third-order valence-electron chi connectivity index (χ3n) is 2.57. The second-order valence-electron chi connectivity index (χ2n) is 3.60. The highest BCUT2D eigenvalue weighted by Gasteiger charge is 2.19. The summed E-state index contributed by atoms with van der Waals surface area (Å²) in [4.78, 5) is 0. The van der Waals surface area contributed by atoms with Gasteiger partial charge in [0, 0.05) is 12.2 Å². The van der Waals surface area contributed by atoms with Crippen LogP contribution in [0.1, 0.15) is 12.0 Å². The zero-order valence-electron chi connectivity index (χ0n) is 9.36. The van der Waals surface area contributed by atoms with Crippen LogP contribution in [0.4, 0.5) is 0 Å². The SMILES string of the molecule is COc1ccc2c(c1CCCO)OCCO2. The third-order valence-corrected chi connectivity index (χ3v) is 2.57. The lowest BCUT2D eigenvalue weighted by molar-refractivity contribution is 0.168. The Balaban J connectivity index is 2.35. The molecule has 0 bridgehead atoms. The van der Waals surface area contributed by atoms with Gasteiger partial charge in [-0.3, -0.25) is 0 Å². The summed E-state index contributed by atoms with van der Waals surface area (Å²) in [5.41, 5.74) is 0.980. The van der Waals surface area contributed by atoms with Gasteiger partial charge in [0.15, 0.2) is 11.5 Å². The maximum Gasteiger partial charge on any atom is 0.168 e. The summed E-state index contributed by atoms with van der Waals surface area (Å²) in [6, 6.07) is 3.73.